The molecule has 0 amide bonds. The van der Waals surface area contributed by atoms with E-state index in [0.717, 1.165) is 6.54 Å². The van der Waals surface area contributed by atoms with Gasteiger partial charge >= 0.3 is 0 Å². The first-order valence-corrected chi connectivity index (χ1v) is 7.35. The predicted molar refractivity (Wildman–Crippen MR) is 75.0 cm³/mol. The highest BCUT2D eigenvalue weighted by Gasteiger charge is 2.27. The minimum absolute atomic E-state index is 0.422. The summed E-state index contributed by atoms with van der Waals surface area (Å²) in [6, 6.07) is 1.20. The van der Waals surface area contributed by atoms with Gasteiger partial charge in [0.25, 0.3) is 0 Å². The molecule has 3 unspecified atom stereocenters. The normalized spacial score (nSPS) is 35.8. The molecule has 106 valence electrons. The van der Waals surface area contributed by atoms with E-state index in [1.165, 1.54) is 45.3 Å². The maximum atomic E-state index is 5.61. The van der Waals surface area contributed by atoms with E-state index in [0.29, 0.717) is 18.2 Å². The highest BCUT2D eigenvalue weighted by atomic mass is 16.5. The third-order valence-electron chi connectivity index (χ3n) is 4.60. The molecule has 4 heteroatoms. The second-order valence-corrected chi connectivity index (χ2v) is 5.97. The summed E-state index contributed by atoms with van der Waals surface area (Å²) in [5, 5.41) is 3.75. The van der Waals surface area contributed by atoms with Gasteiger partial charge in [-0.05, 0) is 26.9 Å². The van der Waals surface area contributed by atoms with Gasteiger partial charge in [0.05, 0.1) is 6.10 Å². The zero-order valence-electron chi connectivity index (χ0n) is 12.2. The van der Waals surface area contributed by atoms with Gasteiger partial charge in [0.1, 0.15) is 0 Å². The molecule has 1 aliphatic carbocycles. The number of rotatable bonds is 4. The van der Waals surface area contributed by atoms with Crippen molar-refractivity contribution in [3.63, 3.8) is 0 Å². The third-order valence-corrected chi connectivity index (χ3v) is 4.60. The molecule has 2 rings (SSSR count). The number of hydrogen-bond acceptors (Lipinski definition) is 4. The molecule has 1 aliphatic heterocycles. The molecule has 3 atom stereocenters. The van der Waals surface area contributed by atoms with Crippen molar-refractivity contribution < 1.29 is 4.74 Å². The third kappa shape index (κ3) is 3.67. The number of hydrogen-bond donors (Lipinski definition) is 1. The lowest BCUT2D eigenvalue weighted by atomic mass is 9.92. The van der Waals surface area contributed by atoms with Gasteiger partial charge in [-0.2, -0.15) is 0 Å². The Hall–Kier alpha value is -0.160. The van der Waals surface area contributed by atoms with Crippen LogP contribution in [0.5, 0.6) is 0 Å². The van der Waals surface area contributed by atoms with Crippen molar-refractivity contribution in [2.24, 2.45) is 0 Å². The second-order valence-electron chi connectivity index (χ2n) is 5.97. The monoisotopic (exact) mass is 255 g/mol. The lowest BCUT2D eigenvalue weighted by molar-refractivity contribution is 0.0356. The number of nitrogens with zero attached hydrogens (tertiary/aromatic N) is 2. The molecule has 2 fully saturated rings. The molecule has 4 nitrogen and oxygen atoms in total. The topological polar surface area (TPSA) is 27.7 Å². The summed E-state index contributed by atoms with van der Waals surface area (Å²) in [5.41, 5.74) is 0. The number of piperazine rings is 1. The lowest BCUT2D eigenvalue weighted by Crippen LogP contribution is -2.56. The Kier molecular flexibility index (Phi) is 5.42. The van der Waals surface area contributed by atoms with Crippen LogP contribution in [0.15, 0.2) is 0 Å². The lowest BCUT2D eigenvalue weighted by Gasteiger charge is -2.39. The van der Waals surface area contributed by atoms with Crippen LogP contribution >= 0.6 is 0 Å². The van der Waals surface area contributed by atoms with Crippen LogP contribution in [0.25, 0.3) is 0 Å². The Bertz CT molecular complexity index is 247. The zero-order chi connectivity index (χ0) is 13.0. The van der Waals surface area contributed by atoms with Crippen LogP contribution in [-0.4, -0.2) is 75.4 Å². The van der Waals surface area contributed by atoms with Gasteiger partial charge < -0.3 is 15.0 Å². The first-order chi connectivity index (χ1) is 8.70. The van der Waals surface area contributed by atoms with E-state index in [2.05, 4.69) is 29.2 Å². The van der Waals surface area contributed by atoms with Crippen molar-refractivity contribution in [3.05, 3.63) is 0 Å². The van der Waals surface area contributed by atoms with Crippen LogP contribution in [0.1, 0.15) is 25.7 Å². The van der Waals surface area contributed by atoms with Crippen molar-refractivity contribution in [2.45, 2.75) is 43.9 Å². The highest BCUT2D eigenvalue weighted by molar-refractivity contribution is 4.86. The van der Waals surface area contributed by atoms with Crippen LogP contribution < -0.4 is 5.32 Å². The van der Waals surface area contributed by atoms with E-state index in [4.69, 9.17) is 4.74 Å². The summed E-state index contributed by atoms with van der Waals surface area (Å²) in [5.74, 6) is 0. The maximum Gasteiger partial charge on any atom is 0.0724 e. The molecule has 0 aromatic rings. The van der Waals surface area contributed by atoms with Crippen LogP contribution in [0, 0.1) is 0 Å². The van der Waals surface area contributed by atoms with Gasteiger partial charge in [-0.15, -0.1) is 0 Å². The van der Waals surface area contributed by atoms with Crippen molar-refractivity contribution in [2.75, 3.05) is 47.4 Å². The summed E-state index contributed by atoms with van der Waals surface area (Å²) in [6.07, 6.45) is 5.57. The fourth-order valence-electron chi connectivity index (χ4n) is 3.22. The smallest absolute Gasteiger partial charge is 0.0724 e. The number of likely N-dealkylation sites (N-methyl/N-ethyl adjacent to an activating group) is 2. The SMILES string of the molecule is COC1CCCCC1NCC1CN(C)CCN1C. The summed E-state index contributed by atoms with van der Waals surface area (Å²) in [6.45, 7) is 4.64. The highest BCUT2D eigenvalue weighted by Crippen LogP contribution is 2.21. The van der Waals surface area contributed by atoms with Gasteiger partial charge in [0.2, 0.25) is 0 Å². The van der Waals surface area contributed by atoms with E-state index < -0.39 is 0 Å². The molecule has 2 aliphatic rings. The number of nitrogens with one attached hydrogen (secondary N) is 1. The molecule has 0 aromatic heterocycles. The molecule has 18 heavy (non-hydrogen) atoms. The Morgan fingerprint density at radius 1 is 1.17 bits per heavy atom. The van der Waals surface area contributed by atoms with E-state index in [1.54, 1.807) is 0 Å². The van der Waals surface area contributed by atoms with E-state index in [1.807, 2.05) is 7.11 Å². The molecular formula is C14H29N3O. The molecule has 1 N–H and O–H groups in total. The van der Waals surface area contributed by atoms with E-state index >= 15 is 0 Å². The Labute approximate surface area is 112 Å². The standard InChI is InChI=1S/C14H29N3O/c1-16-8-9-17(2)12(11-16)10-15-13-6-4-5-7-14(13)18-3/h12-15H,4-11H2,1-3H3. The van der Waals surface area contributed by atoms with Crippen LogP contribution in [0.4, 0.5) is 0 Å². The summed E-state index contributed by atoms with van der Waals surface area (Å²) in [7, 11) is 6.32. The average molecular weight is 255 g/mol. The molecule has 0 bridgehead atoms. The van der Waals surface area contributed by atoms with Crippen LogP contribution in [0.3, 0.4) is 0 Å². The Morgan fingerprint density at radius 2 is 1.94 bits per heavy atom. The fourth-order valence-corrected chi connectivity index (χ4v) is 3.22. The minimum atomic E-state index is 0.422. The minimum Gasteiger partial charge on any atom is -0.380 e. The van der Waals surface area contributed by atoms with Crippen molar-refractivity contribution >= 4 is 0 Å². The predicted octanol–water partition coefficient (Wildman–Crippen LogP) is 0.779. The molecular weight excluding hydrogens is 226 g/mol. The summed E-state index contributed by atoms with van der Waals surface area (Å²) >= 11 is 0. The zero-order valence-corrected chi connectivity index (χ0v) is 12.2. The average Bonchev–Trinajstić information content (AvgIpc) is 2.40. The van der Waals surface area contributed by atoms with Crippen LogP contribution in [0.2, 0.25) is 0 Å². The van der Waals surface area contributed by atoms with Gasteiger partial charge in [-0.25, -0.2) is 0 Å². The van der Waals surface area contributed by atoms with Crippen molar-refractivity contribution in [3.8, 4) is 0 Å². The quantitative estimate of drug-likeness (QED) is 0.803. The summed E-state index contributed by atoms with van der Waals surface area (Å²) < 4.78 is 5.61. The van der Waals surface area contributed by atoms with Crippen molar-refractivity contribution in [1.82, 2.24) is 15.1 Å². The molecule has 0 spiro atoms. The fraction of sp³-hybridized carbons (Fsp3) is 1.00. The van der Waals surface area contributed by atoms with Gasteiger partial charge in [-0.3, -0.25) is 4.90 Å². The molecule has 1 saturated heterocycles. The first-order valence-electron chi connectivity index (χ1n) is 7.35. The second kappa shape index (κ2) is 6.85. The molecule has 0 aromatic carbocycles. The summed E-state index contributed by atoms with van der Waals surface area (Å²) in [4.78, 5) is 4.92. The maximum absolute atomic E-state index is 5.61. The van der Waals surface area contributed by atoms with Crippen LogP contribution in [-0.2, 0) is 4.74 Å². The molecule has 1 heterocycles. The van der Waals surface area contributed by atoms with Gasteiger partial charge in [-0.1, -0.05) is 12.8 Å². The van der Waals surface area contributed by atoms with Gasteiger partial charge in [0.15, 0.2) is 0 Å². The van der Waals surface area contributed by atoms with E-state index in [9.17, 15) is 0 Å². The van der Waals surface area contributed by atoms with Crippen molar-refractivity contribution in [1.29, 1.82) is 0 Å². The Balaban J connectivity index is 1.78. The van der Waals surface area contributed by atoms with Gasteiger partial charge in [0, 0.05) is 45.4 Å². The number of methoxy groups -OCH3 is 1. The molecule has 0 radical (unpaired) electrons. The largest absolute Gasteiger partial charge is 0.380 e. The Morgan fingerprint density at radius 3 is 2.72 bits per heavy atom. The molecule has 1 saturated carbocycles. The first kappa shape index (κ1) is 14.3. The number of ether oxygens (including phenoxy) is 1. The van der Waals surface area contributed by atoms with E-state index in [-0.39, 0.29) is 0 Å².